The Morgan fingerprint density at radius 1 is 0.519 bits per heavy atom. The first-order valence-corrected chi connectivity index (χ1v) is 17.4. The predicted octanol–water partition coefficient (Wildman–Crippen LogP) is 10.5. The van der Waals surface area contributed by atoms with Crippen LogP contribution in [-0.2, 0) is 0 Å². The van der Waals surface area contributed by atoms with E-state index < -0.39 is 0 Å². The van der Waals surface area contributed by atoms with Gasteiger partial charge >= 0.3 is 0 Å². The molecule has 0 fully saturated rings. The summed E-state index contributed by atoms with van der Waals surface area (Å²) in [5.41, 5.74) is 11.8. The number of benzene rings is 7. The van der Waals surface area contributed by atoms with Gasteiger partial charge in [0.25, 0.3) is 0 Å². The summed E-state index contributed by atoms with van der Waals surface area (Å²) in [6.45, 7) is 0. The normalized spacial score (nSPS) is 16.3. The van der Waals surface area contributed by atoms with E-state index >= 15 is 0 Å². The smallest absolute Gasteiger partial charge is 0.169 e. The van der Waals surface area contributed by atoms with Crippen LogP contribution in [0.1, 0.15) is 51.2 Å². The molecule has 2 aliphatic rings. The standard InChI is InChI=1S/C47H33N5/c48-30-31-16-18-34(19-17-31)43-29-41(33-10-4-1-5-11-33)44-40-26-24-38(28-39(40)25-27-42(44)49-43)32-20-22-37(23-21-32)47-51-45(35-12-6-2-7-13-35)50-46(52-47)36-14-8-3-9-15-36/h1-29,43,45,49H,(H,50,51,52). The highest BCUT2D eigenvalue weighted by Crippen LogP contribution is 2.43. The molecule has 0 saturated heterocycles. The molecule has 5 nitrogen and oxygen atoms in total. The molecule has 2 unspecified atom stereocenters. The summed E-state index contributed by atoms with van der Waals surface area (Å²) < 4.78 is 0. The number of nitrogens with one attached hydrogen (secondary N) is 2. The van der Waals surface area contributed by atoms with Crippen molar-refractivity contribution in [3.63, 3.8) is 0 Å². The molecule has 0 spiro atoms. The van der Waals surface area contributed by atoms with Gasteiger partial charge in [-0.1, -0.05) is 146 Å². The zero-order chi connectivity index (χ0) is 34.9. The number of nitriles is 1. The Hall–Kier alpha value is -7.03. The average Bonchev–Trinajstić information content (AvgIpc) is 3.24. The van der Waals surface area contributed by atoms with Crippen LogP contribution in [0.2, 0.25) is 0 Å². The Morgan fingerprint density at radius 3 is 1.79 bits per heavy atom. The summed E-state index contributed by atoms with van der Waals surface area (Å²) in [6, 6.07) is 60.8. The summed E-state index contributed by atoms with van der Waals surface area (Å²) in [7, 11) is 0. The van der Waals surface area contributed by atoms with E-state index in [0.29, 0.717) is 5.56 Å². The monoisotopic (exact) mass is 667 g/mol. The SMILES string of the molecule is N#Cc1ccc(C2C=C(c3ccccc3)c3c(ccc4cc(-c5ccc(C6=NC(c7ccccc7)N=C(c7ccccc7)N6)cc5)ccc34)N2)cc1. The number of aliphatic imine (C=N–C) groups is 2. The third kappa shape index (κ3) is 5.93. The van der Waals surface area contributed by atoms with Crippen LogP contribution in [0.3, 0.4) is 0 Å². The van der Waals surface area contributed by atoms with Crippen molar-refractivity contribution in [2.24, 2.45) is 9.98 Å². The van der Waals surface area contributed by atoms with Crippen molar-refractivity contribution in [1.82, 2.24) is 5.32 Å². The fraction of sp³-hybridized carbons (Fsp3) is 0.0426. The van der Waals surface area contributed by atoms with E-state index in [-0.39, 0.29) is 12.2 Å². The lowest BCUT2D eigenvalue weighted by Crippen LogP contribution is -2.36. The van der Waals surface area contributed by atoms with Gasteiger partial charge in [-0.05, 0) is 74.5 Å². The molecule has 0 amide bonds. The van der Waals surface area contributed by atoms with Gasteiger partial charge in [-0.15, -0.1) is 0 Å². The van der Waals surface area contributed by atoms with Gasteiger partial charge in [-0.3, -0.25) is 0 Å². The van der Waals surface area contributed by atoms with Gasteiger partial charge in [0, 0.05) is 22.4 Å². The Labute approximate surface area is 303 Å². The second-order valence-electron chi connectivity index (χ2n) is 13.0. The minimum absolute atomic E-state index is 0.0213. The van der Waals surface area contributed by atoms with E-state index in [1.54, 1.807) is 0 Å². The Kier molecular flexibility index (Phi) is 7.96. The largest absolute Gasteiger partial charge is 0.374 e. The van der Waals surface area contributed by atoms with Crippen LogP contribution in [0.15, 0.2) is 186 Å². The zero-order valence-corrected chi connectivity index (χ0v) is 28.2. The maximum atomic E-state index is 9.32. The summed E-state index contributed by atoms with van der Waals surface area (Å²) in [6.07, 6.45) is 1.98. The van der Waals surface area contributed by atoms with Crippen LogP contribution >= 0.6 is 0 Å². The van der Waals surface area contributed by atoms with Gasteiger partial charge in [0.05, 0.1) is 17.7 Å². The Bertz CT molecular complexity index is 2550. The number of anilines is 1. The van der Waals surface area contributed by atoms with Gasteiger partial charge in [-0.2, -0.15) is 5.26 Å². The minimum Gasteiger partial charge on any atom is -0.374 e. The van der Waals surface area contributed by atoms with E-state index in [1.165, 1.54) is 27.5 Å². The fourth-order valence-electron chi connectivity index (χ4n) is 7.12. The van der Waals surface area contributed by atoms with E-state index in [9.17, 15) is 5.26 Å². The first-order valence-electron chi connectivity index (χ1n) is 17.4. The number of fused-ring (bicyclic) bond motifs is 3. The second kappa shape index (κ2) is 13.4. The van der Waals surface area contributed by atoms with Crippen molar-refractivity contribution in [3.05, 3.63) is 215 Å². The highest BCUT2D eigenvalue weighted by molar-refractivity contribution is 6.16. The van der Waals surface area contributed by atoms with E-state index in [4.69, 9.17) is 9.98 Å². The molecule has 7 aromatic rings. The highest BCUT2D eigenvalue weighted by Gasteiger charge is 2.24. The zero-order valence-electron chi connectivity index (χ0n) is 28.2. The Morgan fingerprint density at radius 2 is 1.12 bits per heavy atom. The predicted molar refractivity (Wildman–Crippen MR) is 212 cm³/mol. The maximum Gasteiger partial charge on any atom is 0.169 e. The number of hydrogen-bond acceptors (Lipinski definition) is 5. The molecule has 0 bridgehead atoms. The van der Waals surface area contributed by atoms with E-state index in [0.717, 1.165) is 50.7 Å². The Balaban J connectivity index is 1.05. The molecule has 52 heavy (non-hydrogen) atoms. The molecule has 5 heteroatoms. The summed E-state index contributed by atoms with van der Waals surface area (Å²) in [5.74, 6) is 1.61. The number of nitrogens with zero attached hydrogens (tertiary/aromatic N) is 3. The number of rotatable bonds is 6. The molecule has 2 aliphatic heterocycles. The molecule has 0 aromatic heterocycles. The molecular formula is C47H33N5. The third-order valence-electron chi connectivity index (χ3n) is 9.79. The topological polar surface area (TPSA) is 72.6 Å². The first-order chi connectivity index (χ1) is 25.7. The molecule has 2 heterocycles. The van der Waals surface area contributed by atoms with E-state index in [1.807, 2.05) is 60.7 Å². The van der Waals surface area contributed by atoms with Crippen LogP contribution in [0.4, 0.5) is 5.69 Å². The van der Waals surface area contributed by atoms with E-state index in [2.05, 4.69) is 132 Å². The van der Waals surface area contributed by atoms with Gasteiger partial charge in [-0.25, -0.2) is 9.98 Å². The number of hydrogen-bond donors (Lipinski definition) is 2. The van der Waals surface area contributed by atoms with Crippen molar-refractivity contribution in [3.8, 4) is 17.2 Å². The van der Waals surface area contributed by atoms with Crippen LogP contribution in [0.25, 0.3) is 27.5 Å². The lowest BCUT2D eigenvalue weighted by atomic mass is 9.85. The second-order valence-corrected chi connectivity index (χ2v) is 13.0. The van der Waals surface area contributed by atoms with Gasteiger partial charge in [0.2, 0.25) is 0 Å². The van der Waals surface area contributed by atoms with Gasteiger partial charge in [0.1, 0.15) is 11.7 Å². The van der Waals surface area contributed by atoms with Crippen molar-refractivity contribution in [2.45, 2.75) is 12.2 Å². The molecule has 2 atom stereocenters. The van der Waals surface area contributed by atoms with Crippen molar-refractivity contribution in [2.75, 3.05) is 5.32 Å². The lowest BCUT2D eigenvalue weighted by Gasteiger charge is -2.28. The summed E-state index contributed by atoms with van der Waals surface area (Å²) in [4.78, 5) is 10.0. The summed E-state index contributed by atoms with van der Waals surface area (Å²) in [5, 5.41) is 19.0. The first kappa shape index (κ1) is 31.0. The maximum absolute atomic E-state index is 9.32. The van der Waals surface area contributed by atoms with Crippen LogP contribution in [0.5, 0.6) is 0 Å². The molecule has 0 saturated carbocycles. The average molecular weight is 668 g/mol. The number of amidine groups is 2. The van der Waals surface area contributed by atoms with Crippen LogP contribution < -0.4 is 10.6 Å². The molecule has 0 aliphatic carbocycles. The molecule has 246 valence electrons. The quantitative estimate of drug-likeness (QED) is 0.185. The lowest BCUT2D eigenvalue weighted by molar-refractivity contribution is 0.756. The van der Waals surface area contributed by atoms with Crippen molar-refractivity contribution >= 4 is 33.7 Å². The van der Waals surface area contributed by atoms with Gasteiger partial charge < -0.3 is 10.6 Å². The third-order valence-corrected chi connectivity index (χ3v) is 9.79. The molecular weight excluding hydrogens is 635 g/mol. The van der Waals surface area contributed by atoms with Crippen molar-refractivity contribution < 1.29 is 0 Å². The van der Waals surface area contributed by atoms with Gasteiger partial charge in [0.15, 0.2) is 6.17 Å². The molecule has 2 N–H and O–H groups in total. The van der Waals surface area contributed by atoms with Crippen LogP contribution in [0, 0.1) is 11.3 Å². The summed E-state index contributed by atoms with van der Waals surface area (Å²) >= 11 is 0. The minimum atomic E-state index is -0.331. The fourth-order valence-corrected chi connectivity index (χ4v) is 7.12. The molecule has 0 radical (unpaired) electrons. The molecule has 7 aromatic carbocycles. The van der Waals surface area contributed by atoms with Crippen molar-refractivity contribution in [1.29, 1.82) is 5.26 Å². The highest BCUT2D eigenvalue weighted by atomic mass is 15.2. The molecule has 9 rings (SSSR count). The van der Waals surface area contributed by atoms with Crippen LogP contribution in [-0.4, -0.2) is 11.7 Å².